The molecule has 0 radical (unpaired) electrons. The van der Waals surface area contributed by atoms with Gasteiger partial charge < -0.3 is 10.3 Å². The minimum atomic E-state index is -0.965. The van der Waals surface area contributed by atoms with Gasteiger partial charge in [-0.05, 0) is 13.3 Å². The van der Waals surface area contributed by atoms with E-state index in [-0.39, 0.29) is 22.3 Å². The van der Waals surface area contributed by atoms with Crippen LogP contribution in [0.4, 0.5) is 5.69 Å². The number of hydrogen-bond donors (Lipinski definition) is 2. The Morgan fingerprint density at radius 3 is 2.47 bits per heavy atom. The second-order valence-corrected chi connectivity index (χ2v) is 3.00. The van der Waals surface area contributed by atoms with Crippen LogP contribution in [0.5, 0.6) is 5.88 Å². The Morgan fingerprint density at radius 1 is 1.53 bits per heavy atom. The molecule has 0 aliphatic rings. The second-order valence-electron chi connectivity index (χ2n) is 3.00. The molecule has 0 saturated heterocycles. The summed E-state index contributed by atoms with van der Waals surface area (Å²) >= 11 is 0. The van der Waals surface area contributed by atoms with Gasteiger partial charge in [0.2, 0.25) is 5.88 Å². The minimum Gasteiger partial charge on any atom is -0.492 e. The van der Waals surface area contributed by atoms with Crippen LogP contribution in [-0.2, 0) is 6.42 Å². The van der Waals surface area contributed by atoms with Crippen molar-refractivity contribution in [1.82, 2.24) is 4.73 Å². The van der Waals surface area contributed by atoms with E-state index in [1.165, 1.54) is 6.92 Å². The molecule has 1 heterocycles. The first-order valence-electron chi connectivity index (χ1n) is 4.22. The molecule has 2 N–H and O–H groups in total. The molecule has 0 atom stereocenters. The molecular formula is C8H10N2O5. The maximum atomic E-state index is 11.3. The first-order valence-corrected chi connectivity index (χ1v) is 4.22. The molecule has 0 spiro atoms. The van der Waals surface area contributed by atoms with Crippen LogP contribution < -0.4 is 5.56 Å². The Hall–Kier alpha value is -2.05. The highest BCUT2D eigenvalue weighted by Gasteiger charge is 2.25. The van der Waals surface area contributed by atoms with Crippen LogP contribution in [0.25, 0.3) is 0 Å². The predicted molar refractivity (Wildman–Crippen MR) is 50.3 cm³/mol. The van der Waals surface area contributed by atoms with Crippen LogP contribution in [0, 0.1) is 17.0 Å². The first kappa shape index (κ1) is 11.0. The van der Waals surface area contributed by atoms with Crippen molar-refractivity contribution in [3.05, 3.63) is 31.6 Å². The summed E-state index contributed by atoms with van der Waals surface area (Å²) in [4.78, 5) is 21.3. The van der Waals surface area contributed by atoms with Gasteiger partial charge in [0.25, 0.3) is 11.2 Å². The van der Waals surface area contributed by atoms with Crippen LogP contribution in [0.3, 0.4) is 0 Å². The first-order chi connectivity index (χ1) is 6.91. The standard InChI is InChI=1S/C8H10N2O5/c1-3-5-6(10(14)15)4(2)7(11)9(13)8(5)12/h11,13H,3H2,1-2H3. The summed E-state index contributed by atoms with van der Waals surface area (Å²) in [6.07, 6.45) is 0.108. The number of nitrogens with zero attached hydrogens (tertiary/aromatic N) is 2. The number of pyridine rings is 1. The largest absolute Gasteiger partial charge is 0.492 e. The maximum absolute atomic E-state index is 11.3. The molecule has 0 aliphatic heterocycles. The van der Waals surface area contributed by atoms with E-state index >= 15 is 0 Å². The Balaban J connectivity index is 3.78. The number of nitro groups is 1. The van der Waals surface area contributed by atoms with Gasteiger partial charge in [0.1, 0.15) is 0 Å². The van der Waals surface area contributed by atoms with Gasteiger partial charge in [-0.15, -0.1) is 4.73 Å². The average Bonchev–Trinajstić information content (AvgIpc) is 2.19. The highest BCUT2D eigenvalue weighted by atomic mass is 16.6. The number of aromatic hydroxyl groups is 1. The third-order valence-electron chi connectivity index (χ3n) is 2.16. The Bertz CT molecular complexity index is 477. The lowest BCUT2D eigenvalue weighted by Gasteiger charge is -2.07. The van der Waals surface area contributed by atoms with Crippen LogP contribution in [0.15, 0.2) is 4.79 Å². The van der Waals surface area contributed by atoms with Crippen LogP contribution in [0.2, 0.25) is 0 Å². The molecule has 15 heavy (non-hydrogen) atoms. The van der Waals surface area contributed by atoms with E-state index in [0.29, 0.717) is 0 Å². The lowest BCUT2D eigenvalue weighted by molar-refractivity contribution is -0.386. The van der Waals surface area contributed by atoms with Gasteiger partial charge in [0.15, 0.2) is 0 Å². The normalized spacial score (nSPS) is 10.3. The van der Waals surface area contributed by atoms with Gasteiger partial charge in [0, 0.05) is 0 Å². The molecule has 1 aromatic heterocycles. The van der Waals surface area contributed by atoms with E-state index in [2.05, 4.69) is 0 Å². The minimum absolute atomic E-state index is 0.0150. The zero-order valence-electron chi connectivity index (χ0n) is 8.22. The molecule has 7 heteroatoms. The summed E-state index contributed by atoms with van der Waals surface area (Å²) in [5.74, 6) is -0.802. The van der Waals surface area contributed by atoms with Gasteiger partial charge in [-0.1, -0.05) is 6.92 Å². The topological polar surface area (TPSA) is 106 Å². The fourth-order valence-corrected chi connectivity index (χ4v) is 1.38. The predicted octanol–water partition coefficient (Wildman–Crippen LogP) is 0.570. The fraction of sp³-hybridized carbons (Fsp3) is 0.375. The van der Waals surface area contributed by atoms with Gasteiger partial charge in [0.05, 0.1) is 16.1 Å². The summed E-state index contributed by atoms with van der Waals surface area (Å²) in [7, 11) is 0. The van der Waals surface area contributed by atoms with Crippen molar-refractivity contribution in [3.63, 3.8) is 0 Å². The molecule has 0 amide bonds. The summed E-state index contributed by atoms with van der Waals surface area (Å²) in [5.41, 5.74) is -1.66. The highest BCUT2D eigenvalue weighted by molar-refractivity contribution is 5.50. The van der Waals surface area contributed by atoms with E-state index < -0.39 is 22.0 Å². The van der Waals surface area contributed by atoms with Crippen molar-refractivity contribution >= 4 is 5.69 Å². The van der Waals surface area contributed by atoms with Crippen molar-refractivity contribution in [3.8, 4) is 5.88 Å². The molecular weight excluding hydrogens is 204 g/mol. The van der Waals surface area contributed by atoms with E-state index in [1.54, 1.807) is 6.92 Å². The molecule has 0 aliphatic carbocycles. The third-order valence-corrected chi connectivity index (χ3v) is 2.16. The van der Waals surface area contributed by atoms with Gasteiger partial charge in [-0.3, -0.25) is 14.9 Å². The highest BCUT2D eigenvalue weighted by Crippen LogP contribution is 2.27. The molecule has 1 aromatic rings. The summed E-state index contributed by atoms with van der Waals surface area (Å²) < 4.78 is 0.0150. The monoisotopic (exact) mass is 214 g/mol. The van der Waals surface area contributed by atoms with Crippen molar-refractivity contribution in [2.45, 2.75) is 20.3 Å². The Labute approximate surface area is 84.3 Å². The molecule has 82 valence electrons. The number of rotatable bonds is 2. The number of hydrogen-bond acceptors (Lipinski definition) is 5. The van der Waals surface area contributed by atoms with Crippen molar-refractivity contribution < 1.29 is 15.2 Å². The van der Waals surface area contributed by atoms with Crippen molar-refractivity contribution in [1.29, 1.82) is 0 Å². The van der Waals surface area contributed by atoms with Gasteiger partial charge in [-0.25, -0.2) is 0 Å². The third kappa shape index (κ3) is 1.51. The molecule has 0 saturated carbocycles. The van der Waals surface area contributed by atoms with E-state index in [9.17, 15) is 20.0 Å². The molecule has 7 nitrogen and oxygen atoms in total. The van der Waals surface area contributed by atoms with Crippen molar-refractivity contribution in [2.24, 2.45) is 0 Å². The zero-order chi connectivity index (χ0) is 11.7. The summed E-state index contributed by atoms with van der Waals surface area (Å²) in [6.45, 7) is 2.82. The van der Waals surface area contributed by atoms with E-state index in [1.807, 2.05) is 0 Å². The summed E-state index contributed by atoms with van der Waals surface area (Å²) in [6, 6.07) is 0. The maximum Gasteiger partial charge on any atom is 0.296 e. The van der Waals surface area contributed by atoms with Crippen LogP contribution in [-0.4, -0.2) is 20.0 Å². The molecule has 0 fully saturated rings. The number of aromatic nitrogens is 1. The molecule has 0 unspecified atom stereocenters. The zero-order valence-corrected chi connectivity index (χ0v) is 8.22. The van der Waals surface area contributed by atoms with Crippen LogP contribution >= 0.6 is 0 Å². The Morgan fingerprint density at radius 2 is 2.07 bits per heavy atom. The summed E-state index contributed by atoms with van der Waals surface area (Å²) in [5, 5.41) is 29.1. The van der Waals surface area contributed by atoms with E-state index in [0.717, 1.165) is 0 Å². The van der Waals surface area contributed by atoms with Crippen LogP contribution in [0.1, 0.15) is 18.1 Å². The van der Waals surface area contributed by atoms with E-state index in [4.69, 9.17) is 5.21 Å². The average molecular weight is 214 g/mol. The molecule has 1 rings (SSSR count). The lowest BCUT2D eigenvalue weighted by atomic mass is 10.1. The lowest BCUT2D eigenvalue weighted by Crippen LogP contribution is -2.24. The second kappa shape index (κ2) is 3.60. The molecule has 0 bridgehead atoms. The quantitative estimate of drug-likeness (QED) is 0.425. The Kier molecular flexibility index (Phi) is 2.65. The van der Waals surface area contributed by atoms with Gasteiger partial charge in [-0.2, -0.15) is 0 Å². The fourth-order valence-electron chi connectivity index (χ4n) is 1.38. The smallest absolute Gasteiger partial charge is 0.296 e. The van der Waals surface area contributed by atoms with Gasteiger partial charge >= 0.3 is 0 Å². The SMILES string of the molecule is CCc1c([N+](=O)[O-])c(C)c(O)n(O)c1=O. The van der Waals surface area contributed by atoms with Crippen molar-refractivity contribution in [2.75, 3.05) is 0 Å². The molecule has 0 aromatic carbocycles.